The number of pyridine rings is 1. The first-order valence-electron chi connectivity index (χ1n) is 11.1. The normalized spacial score (nSPS) is 20.9. The highest BCUT2D eigenvalue weighted by atomic mass is 35.5. The monoisotopic (exact) mass is 496 g/mol. The Bertz CT molecular complexity index is 1410. The molecule has 2 aliphatic heterocycles. The molecule has 3 aromatic rings. The molecule has 0 bridgehead atoms. The summed E-state index contributed by atoms with van der Waals surface area (Å²) in [7, 11) is 1.53. The van der Waals surface area contributed by atoms with Crippen molar-refractivity contribution in [2.24, 2.45) is 10.7 Å². The van der Waals surface area contributed by atoms with Crippen LogP contribution in [0, 0.1) is 11.8 Å². The van der Waals surface area contributed by atoms with E-state index in [-0.39, 0.29) is 27.7 Å². The van der Waals surface area contributed by atoms with E-state index in [0.717, 1.165) is 30.4 Å². The number of likely N-dealkylation sites (N-methyl/N-ethyl adjacent to an activating group) is 1. The summed E-state index contributed by atoms with van der Waals surface area (Å²) < 4.78 is 35.6. The number of rotatable bonds is 3. The Kier molecular flexibility index (Phi) is 5.32. The fourth-order valence-electron chi connectivity index (χ4n) is 4.64. The molecule has 6 nitrogen and oxygen atoms in total. The van der Waals surface area contributed by atoms with Crippen molar-refractivity contribution in [2.45, 2.75) is 37.8 Å². The molecular formula is C26H23ClF2N4O2. The second-order valence-electron chi connectivity index (χ2n) is 9.42. The van der Waals surface area contributed by atoms with Crippen molar-refractivity contribution in [1.82, 2.24) is 9.88 Å². The molecular weight excluding hydrogens is 474 g/mol. The van der Waals surface area contributed by atoms with Gasteiger partial charge in [0.05, 0.1) is 5.02 Å². The van der Waals surface area contributed by atoms with Crippen molar-refractivity contribution in [3.05, 3.63) is 82.1 Å². The smallest absolute Gasteiger partial charge is 0.266 e. The van der Waals surface area contributed by atoms with Crippen LogP contribution in [0.2, 0.25) is 5.02 Å². The highest BCUT2D eigenvalue weighted by molar-refractivity contribution is 6.30. The van der Waals surface area contributed by atoms with Crippen molar-refractivity contribution >= 4 is 23.5 Å². The van der Waals surface area contributed by atoms with Crippen LogP contribution in [0.25, 0.3) is 11.1 Å². The molecule has 9 heteroatoms. The average Bonchev–Trinajstić information content (AvgIpc) is 3.05. The Morgan fingerprint density at radius 3 is 2.51 bits per heavy atom. The third-order valence-corrected chi connectivity index (χ3v) is 6.79. The zero-order chi connectivity index (χ0) is 25.1. The summed E-state index contributed by atoms with van der Waals surface area (Å²) >= 11 is 6.00. The van der Waals surface area contributed by atoms with Crippen molar-refractivity contribution in [2.75, 3.05) is 7.05 Å². The van der Waals surface area contributed by atoms with E-state index in [4.69, 9.17) is 22.1 Å². The molecule has 35 heavy (non-hydrogen) atoms. The standard InChI is InChI=1S/C26H23ClF2N4O2/c1-25(2)9-8-14-10-15(5-7-21(14)35-25)26(23(34)33(3)24(30)32-26)16-4-6-20(28)18(11-16)19-12-17(27)13-31-22(19)29/h4-7,10-13H,8-9H2,1-3H3,(H2,30,32). The lowest BCUT2D eigenvalue weighted by atomic mass is 9.80. The Hall–Kier alpha value is -3.52. The van der Waals surface area contributed by atoms with E-state index < -0.39 is 23.2 Å². The fourth-order valence-corrected chi connectivity index (χ4v) is 4.79. The van der Waals surface area contributed by atoms with Crippen LogP contribution in [0.1, 0.15) is 37.0 Å². The van der Waals surface area contributed by atoms with Crippen LogP contribution in [-0.4, -0.2) is 34.4 Å². The maximum absolute atomic E-state index is 14.9. The van der Waals surface area contributed by atoms with Gasteiger partial charge in [0.2, 0.25) is 5.95 Å². The number of fused-ring (bicyclic) bond motifs is 1. The maximum Gasteiger partial charge on any atom is 0.266 e. The van der Waals surface area contributed by atoms with E-state index in [1.165, 1.54) is 36.2 Å². The van der Waals surface area contributed by atoms with Gasteiger partial charge in [-0.05, 0) is 73.7 Å². The molecule has 0 saturated heterocycles. The highest BCUT2D eigenvalue weighted by Crippen LogP contribution is 2.44. The van der Waals surface area contributed by atoms with Gasteiger partial charge in [-0.1, -0.05) is 23.7 Å². The first kappa shape index (κ1) is 23.2. The molecule has 2 aliphatic rings. The third-order valence-electron chi connectivity index (χ3n) is 6.58. The van der Waals surface area contributed by atoms with Gasteiger partial charge in [0.25, 0.3) is 5.91 Å². The molecule has 0 fully saturated rings. The quantitative estimate of drug-likeness (QED) is 0.527. The second kappa shape index (κ2) is 8.02. The first-order valence-corrected chi connectivity index (χ1v) is 11.5. The number of ether oxygens (including phenoxy) is 1. The number of guanidine groups is 1. The summed E-state index contributed by atoms with van der Waals surface area (Å²) in [4.78, 5) is 23.1. The first-order chi connectivity index (χ1) is 16.5. The SMILES string of the molecule is CN1C(=O)C(c2ccc3c(c2)CCC(C)(C)O3)(c2ccc(F)c(-c3cc(Cl)cnc3F)c2)N=C1N. The predicted octanol–water partition coefficient (Wildman–Crippen LogP) is 4.81. The van der Waals surface area contributed by atoms with Gasteiger partial charge in [-0.3, -0.25) is 9.69 Å². The van der Waals surface area contributed by atoms with Gasteiger partial charge < -0.3 is 10.5 Å². The minimum atomic E-state index is -1.58. The van der Waals surface area contributed by atoms with Crippen LogP contribution >= 0.6 is 11.6 Å². The van der Waals surface area contributed by atoms with E-state index in [1.807, 2.05) is 26.0 Å². The Morgan fingerprint density at radius 1 is 1.09 bits per heavy atom. The molecule has 0 aliphatic carbocycles. The van der Waals surface area contributed by atoms with Gasteiger partial charge in [0.15, 0.2) is 11.5 Å². The predicted molar refractivity (Wildman–Crippen MR) is 129 cm³/mol. The number of hydrogen-bond donors (Lipinski definition) is 1. The maximum atomic E-state index is 14.9. The highest BCUT2D eigenvalue weighted by Gasteiger charge is 2.50. The lowest BCUT2D eigenvalue weighted by Gasteiger charge is -2.34. The molecule has 1 aromatic heterocycles. The van der Waals surface area contributed by atoms with Gasteiger partial charge in [0, 0.05) is 24.4 Å². The number of hydrogen-bond acceptors (Lipinski definition) is 5. The molecule has 0 spiro atoms. The number of aliphatic imine (C=N–C) groups is 1. The Balaban J connectivity index is 1.72. The molecule has 5 rings (SSSR count). The Labute approximate surface area is 206 Å². The number of benzene rings is 2. The topological polar surface area (TPSA) is 80.8 Å². The van der Waals surface area contributed by atoms with Crippen LogP contribution in [0.3, 0.4) is 0 Å². The summed E-state index contributed by atoms with van der Waals surface area (Å²) in [5.41, 5.74) is 5.83. The lowest BCUT2D eigenvalue weighted by Crippen LogP contribution is -2.41. The minimum Gasteiger partial charge on any atom is -0.488 e. The molecule has 2 aromatic carbocycles. The summed E-state index contributed by atoms with van der Waals surface area (Å²) in [6.45, 7) is 4.05. The molecule has 1 unspecified atom stereocenters. The summed E-state index contributed by atoms with van der Waals surface area (Å²) in [5.74, 6) is -1.22. The van der Waals surface area contributed by atoms with Crippen molar-refractivity contribution < 1.29 is 18.3 Å². The van der Waals surface area contributed by atoms with Crippen LogP contribution in [-0.2, 0) is 16.8 Å². The van der Waals surface area contributed by atoms with Crippen LogP contribution < -0.4 is 10.5 Å². The van der Waals surface area contributed by atoms with Crippen LogP contribution in [0.4, 0.5) is 8.78 Å². The van der Waals surface area contributed by atoms with E-state index in [0.29, 0.717) is 11.1 Å². The fraction of sp³-hybridized carbons (Fsp3) is 0.269. The van der Waals surface area contributed by atoms with E-state index >= 15 is 0 Å². The van der Waals surface area contributed by atoms with E-state index in [1.54, 1.807) is 6.07 Å². The number of nitrogens with zero attached hydrogens (tertiary/aromatic N) is 3. The van der Waals surface area contributed by atoms with Crippen molar-refractivity contribution in [3.8, 4) is 16.9 Å². The average molecular weight is 497 g/mol. The summed E-state index contributed by atoms with van der Waals surface area (Å²) in [6, 6.07) is 10.8. The largest absolute Gasteiger partial charge is 0.488 e. The second-order valence-corrected chi connectivity index (χ2v) is 9.85. The van der Waals surface area contributed by atoms with Gasteiger partial charge in [-0.2, -0.15) is 4.39 Å². The molecule has 1 atom stereocenters. The summed E-state index contributed by atoms with van der Waals surface area (Å²) in [5, 5.41) is 0.150. The van der Waals surface area contributed by atoms with E-state index in [9.17, 15) is 13.6 Å². The molecule has 180 valence electrons. The molecule has 0 radical (unpaired) electrons. The van der Waals surface area contributed by atoms with E-state index in [2.05, 4.69) is 9.98 Å². The molecule has 2 N–H and O–H groups in total. The number of halogens is 3. The zero-order valence-electron chi connectivity index (χ0n) is 19.4. The molecule has 1 amide bonds. The number of carbonyl (C=O) groups is 1. The zero-order valence-corrected chi connectivity index (χ0v) is 20.2. The Morgan fingerprint density at radius 2 is 1.80 bits per heavy atom. The number of amides is 1. The number of aromatic nitrogens is 1. The van der Waals surface area contributed by atoms with Gasteiger partial charge in [-0.25, -0.2) is 14.4 Å². The van der Waals surface area contributed by atoms with Gasteiger partial charge in [0.1, 0.15) is 17.2 Å². The van der Waals surface area contributed by atoms with Crippen molar-refractivity contribution in [3.63, 3.8) is 0 Å². The van der Waals surface area contributed by atoms with Crippen LogP contribution in [0.15, 0.2) is 53.7 Å². The van der Waals surface area contributed by atoms with Gasteiger partial charge >= 0.3 is 0 Å². The summed E-state index contributed by atoms with van der Waals surface area (Å²) in [6.07, 6.45) is 2.70. The molecule has 3 heterocycles. The minimum absolute atomic E-state index is 0.0200. The number of carbonyl (C=O) groups excluding carboxylic acids is 1. The lowest BCUT2D eigenvalue weighted by molar-refractivity contribution is -0.129. The van der Waals surface area contributed by atoms with Crippen molar-refractivity contribution in [1.29, 1.82) is 0 Å². The number of nitrogens with two attached hydrogens (primary N) is 1. The molecule has 0 saturated carbocycles. The third kappa shape index (κ3) is 3.72. The van der Waals surface area contributed by atoms with Gasteiger partial charge in [-0.15, -0.1) is 0 Å². The number of aryl methyl sites for hydroxylation is 1. The van der Waals surface area contributed by atoms with Crippen LogP contribution in [0.5, 0.6) is 5.75 Å².